The third-order valence-electron chi connectivity index (χ3n) is 7.39. The second-order valence-electron chi connectivity index (χ2n) is 10.1. The molecule has 0 aliphatic carbocycles. The third-order valence-corrected chi connectivity index (χ3v) is 7.64. The Balaban J connectivity index is 1.39. The van der Waals surface area contributed by atoms with Gasteiger partial charge >= 0.3 is 0 Å². The minimum Gasteiger partial charge on any atom is -0.497 e. The molecular weight excluding hydrogens is 586 g/mol. The topological polar surface area (TPSA) is 114 Å². The van der Waals surface area contributed by atoms with Crippen LogP contribution in [-0.4, -0.2) is 48.9 Å². The van der Waals surface area contributed by atoms with Gasteiger partial charge in [-0.2, -0.15) is 0 Å². The number of methoxy groups -OCH3 is 1. The van der Waals surface area contributed by atoms with Crippen molar-refractivity contribution in [1.82, 2.24) is 4.90 Å². The van der Waals surface area contributed by atoms with Crippen molar-refractivity contribution in [3.05, 3.63) is 113 Å². The van der Waals surface area contributed by atoms with Crippen molar-refractivity contribution < 1.29 is 33.4 Å². The van der Waals surface area contributed by atoms with Crippen LogP contribution in [0.15, 0.2) is 91.0 Å². The average molecular weight is 612 g/mol. The Morgan fingerprint density at radius 1 is 0.955 bits per heavy atom. The maximum Gasteiger partial charge on any atom is 0.299 e. The molecule has 0 bridgehead atoms. The van der Waals surface area contributed by atoms with Crippen LogP contribution in [0.2, 0.25) is 5.02 Å². The van der Waals surface area contributed by atoms with E-state index in [4.69, 9.17) is 25.8 Å². The van der Waals surface area contributed by atoms with Crippen molar-refractivity contribution in [1.29, 1.82) is 0 Å². The summed E-state index contributed by atoms with van der Waals surface area (Å²) in [6, 6.07) is 24.0. The Labute approximate surface area is 257 Å². The number of fused-ring (bicyclic) bond motifs is 2. The summed E-state index contributed by atoms with van der Waals surface area (Å²) < 4.78 is 16.2. The predicted molar refractivity (Wildman–Crippen MR) is 162 cm³/mol. The summed E-state index contributed by atoms with van der Waals surface area (Å²) >= 11 is 6.12. The first-order chi connectivity index (χ1) is 21.3. The van der Waals surface area contributed by atoms with Crippen LogP contribution in [0, 0.1) is 0 Å². The SMILES string of the molecule is COc1ccc(C(C(=O)Nc2ccc3c(c2)OCO3)N(Cc2ccc(Cl)cc2)C(=O)CN2C(=O)C(=O)c3ccccc32)cc1. The van der Waals surface area contributed by atoms with E-state index in [2.05, 4.69) is 5.32 Å². The fourth-order valence-corrected chi connectivity index (χ4v) is 5.31. The Morgan fingerprint density at radius 2 is 1.68 bits per heavy atom. The molecule has 1 atom stereocenters. The summed E-state index contributed by atoms with van der Waals surface area (Å²) in [6.45, 7) is -0.385. The molecule has 222 valence electrons. The fraction of sp³-hybridized carbons (Fsp3) is 0.152. The molecule has 3 amide bonds. The zero-order valence-corrected chi connectivity index (χ0v) is 24.2. The standard InChI is InChI=1S/C33H26ClN3O7/c1-42-24-13-8-21(9-14-24)30(32(40)35-23-12-15-27-28(16-23)44-19-43-27)37(17-20-6-10-22(34)11-7-20)29(38)18-36-26-5-3-2-4-25(26)31(39)33(36)41/h2-16,30H,17-19H2,1H3,(H,35,40). The number of benzene rings is 4. The molecule has 0 saturated heterocycles. The number of nitrogens with one attached hydrogen (secondary N) is 1. The molecule has 0 aromatic heterocycles. The van der Waals surface area contributed by atoms with Crippen molar-refractivity contribution in [2.75, 3.05) is 30.7 Å². The molecule has 0 spiro atoms. The minimum absolute atomic E-state index is 0.00111. The van der Waals surface area contributed by atoms with Crippen molar-refractivity contribution in [2.24, 2.45) is 0 Å². The van der Waals surface area contributed by atoms with E-state index in [9.17, 15) is 19.2 Å². The number of hydrogen-bond donors (Lipinski definition) is 1. The molecule has 0 fully saturated rings. The van der Waals surface area contributed by atoms with E-state index in [1.54, 1.807) is 91.0 Å². The van der Waals surface area contributed by atoms with Crippen LogP contribution in [0.4, 0.5) is 11.4 Å². The smallest absolute Gasteiger partial charge is 0.299 e. The van der Waals surface area contributed by atoms with Gasteiger partial charge in [0.1, 0.15) is 18.3 Å². The summed E-state index contributed by atoms with van der Waals surface area (Å²) in [5.74, 6) is -0.966. The fourth-order valence-electron chi connectivity index (χ4n) is 5.19. The van der Waals surface area contributed by atoms with Gasteiger partial charge in [0.05, 0.1) is 18.4 Å². The largest absolute Gasteiger partial charge is 0.497 e. The van der Waals surface area contributed by atoms with Crippen LogP contribution in [0.3, 0.4) is 0 Å². The lowest BCUT2D eigenvalue weighted by Crippen LogP contribution is -2.46. The lowest BCUT2D eigenvalue weighted by atomic mass is 10.0. The van der Waals surface area contributed by atoms with Crippen LogP contribution in [0.1, 0.15) is 27.5 Å². The Bertz CT molecular complexity index is 1760. The lowest BCUT2D eigenvalue weighted by Gasteiger charge is -2.33. The highest BCUT2D eigenvalue weighted by Gasteiger charge is 2.39. The quantitative estimate of drug-likeness (QED) is 0.265. The molecule has 10 nitrogen and oxygen atoms in total. The van der Waals surface area contributed by atoms with E-state index in [1.807, 2.05) is 0 Å². The maximum absolute atomic E-state index is 14.2. The number of anilines is 2. The van der Waals surface area contributed by atoms with E-state index in [1.165, 1.54) is 12.0 Å². The highest BCUT2D eigenvalue weighted by Crippen LogP contribution is 2.35. The average Bonchev–Trinajstić information content (AvgIpc) is 3.60. The molecule has 11 heteroatoms. The molecule has 0 radical (unpaired) electrons. The van der Waals surface area contributed by atoms with Gasteiger partial charge in [-0.05, 0) is 59.7 Å². The van der Waals surface area contributed by atoms with Gasteiger partial charge in [-0.15, -0.1) is 0 Å². The first-order valence-corrected chi connectivity index (χ1v) is 14.0. The van der Waals surface area contributed by atoms with Crippen LogP contribution >= 0.6 is 11.6 Å². The number of rotatable bonds is 9. The summed E-state index contributed by atoms with van der Waals surface area (Å²) in [5.41, 5.74) is 2.19. The molecule has 1 unspecified atom stereocenters. The first-order valence-electron chi connectivity index (χ1n) is 13.7. The number of halogens is 1. The van der Waals surface area contributed by atoms with Crippen LogP contribution in [0.25, 0.3) is 0 Å². The van der Waals surface area contributed by atoms with Crippen molar-refractivity contribution in [3.63, 3.8) is 0 Å². The lowest BCUT2D eigenvalue weighted by molar-refractivity contribution is -0.139. The molecule has 6 rings (SSSR count). The Hall–Kier alpha value is -5.35. The normalized spacial score (nSPS) is 13.8. The maximum atomic E-state index is 14.2. The van der Waals surface area contributed by atoms with Crippen molar-refractivity contribution >= 4 is 46.5 Å². The number of carbonyl (C=O) groups is 4. The second kappa shape index (κ2) is 12.1. The molecule has 4 aromatic rings. The number of ether oxygens (including phenoxy) is 3. The number of carbonyl (C=O) groups excluding carboxylic acids is 4. The van der Waals surface area contributed by atoms with E-state index in [-0.39, 0.29) is 18.9 Å². The molecule has 1 N–H and O–H groups in total. The Morgan fingerprint density at radius 3 is 2.43 bits per heavy atom. The van der Waals surface area contributed by atoms with Gasteiger partial charge in [-0.3, -0.25) is 24.1 Å². The summed E-state index contributed by atoms with van der Waals surface area (Å²) in [5, 5.41) is 3.41. The van der Waals surface area contributed by atoms with Crippen molar-refractivity contribution in [2.45, 2.75) is 12.6 Å². The second-order valence-corrected chi connectivity index (χ2v) is 10.6. The van der Waals surface area contributed by atoms with E-state index >= 15 is 0 Å². The Kier molecular flexibility index (Phi) is 7.91. The van der Waals surface area contributed by atoms with Gasteiger partial charge in [0.15, 0.2) is 11.5 Å². The van der Waals surface area contributed by atoms with Gasteiger partial charge in [-0.1, -0.05) is 48.0 Å². The van der Waals surface area contributed by atoms with Crippen LogP contribution in [0.5, 0.6) is 17.2 Å². The highest BCUT2D eigenvalue weighted by molar-refractivity contribution is 6.52. The molecule has 0 saturated carbocycles. The zero-order chi connectivity index (χ0) is 30.8. The predicted octanol–water partition coefficient (Wildman–Crippen LogP) is 5.02. The summed E-state index contributed by atoms with van der Waals surface area (Å²) in [7, 11) is 1.53. The van der Waals surface area contributed by atoms with E-state index in [0.29, 0.717) is 44.8 Å². The van der Waals surface area contributed by atoms with Gasteiger partial charge < -0.3 is 24.4 Å². The molecule has 2 aliphatic heterocycles. The minimum atomic E-state index is -1.15. The highest BCUT2D eigenvalue weighted by atomic mass is 35.5. The van der Waals surface area contributed by atoms with E-state index < -0.39 is 36.1 Å². The molecule has 44 heavy (non-hydrogen) atoms. The number of Topliss-reactive ketones (excluding diaryl/α,β-unsaturated/α-hetero) is 1. The number of amides is 3. The number of ketones is 1. The molecule has 2 heterocycles. The van der Waals surface area contributed by atoms with Gasteiger partial charge in [-0.25, -0.2) is 0 Å². The molecular formula is C33H26ClN3O7. The van der Waals surface area contributed by atoms with Gasteiger partial charge in [0, 0.05) is 23.3 Å². The van der Waals surface area contributed by atoms with Crippen LogP contribution < -0.4 is 24.4 Å². The van der Waals surface area contributed by atoms with Gasteiger partial charge in [0.25, 0.3) is 17.6 Å². The first kappa shape index (κ1) is 28.8. The third kappa shape index (κ3) is 5.67. The van der Waals surface area contributed by atoms with Gasteiger partial charge in [0.2, 0.25) is 12.7 Å². The van der Waals surface area contributed by atoms with Crippen LogP contribution in [-0.2, 0) is 20.9 Å². The number of nitrogens with zero attached hydrogens (tertiary/aromatic N) is 2. The van der Waals surface area contributed by atoms with E-state index in [0.717, 1.165) is 4.90 Å². The summed E-state index contributed by atoms with van der Waals surface area (Å²) in [4.78, 5) is 56.5. The molecule has 4 aromatic carbocycles. The van der Waals surface area contributed by atoms with Crippen molar-refractivity contribution in [3.8, 4) is 17.2 Å². The zero-order valence-electron chi connectivity index (χ0n) is 23.5. The monoisotopic (exact) mass is 611 g/mol. The number of para-hydroxylation sites is 1. The number of hydrogen-bond acceptors (Lipinski definition) is 7. The molecule has 2 aliphatic rings. The summed E-state index contributed by atoms with van der Waals surface area (Å²) in [6.07, 6.45) is 0.